The normalized spacial score (nSPS) is 9.86. The Morgan fingerprint density at radius 1 is 1.29 bits per heavy atom. The summed E-state index contributed by atoms with van der Waals surface area (Å²) < 4.78 is 0.442. The number of benzene rings is 1. The second kappa shape index (κ2) is 5.11. The van der Waals surface area contributed by atoms with Crippen LogP contribution in [0, 0.1) is 0 Å². The fraction of sp³-hybridized carbons (Fsp3) is 0.250. The summed E-state index contributed by atoms with van der Waals surface area (Å²) in [5, 5.41) is 0. The lowest BCUT2D eigenvalue weighted by molar-refractivity contribution is -0.114. The minimum atomic E-state index is 0.0363. The number of aryl methyl sites for hydroxylation is 1. The fourth-order valence-electron chi connectivity index (χ4n) is 1.17. The van der Waals surface area contributed by atoms with E-state index in [0.717, 1.165) is 12.0 Å². The Morgan fingerprint density at radius 3 is 2.21 bits per heavy atom. The van der Waals surface area contributed by atoms with E-state index in [9.17, 15) is 4.79 Å². The van der Waals surface area contributed by atoms with E-state index in [0.29, 0.717) is 10.9 Å². The van der Waals surface area contributed by atoms with E-state index >= 15 is 0 Å². The first-order valence-electron chi connectivity index (χ1n) is 4.59. The topological polar surface area (TPSA) is 17.1 Å². The first-order valence-corrected chi connectivity index (χ1v) is 5.38. The lowest BCUT2D eigenvalue weighted by Crippen LogP contribution is -2.01. The Morgan fingerprint density at radius 2 is 1.79 bits per heavy atom. The highest BCUT2D eigenvalue weighted by molar-refractivity contribution is 9.12. The summed E-state index contributed by atoms with van der Waals surface area (Å²) in [6, 6.07) is 8.10. The Balaban J connectivity index is 2.69. The monoisotopic (exact) mass is 252 g/mol. The number of hydrogen-bond donors (Lipinski definition) is 0. The van der Waals surface area contributed by atoms with E-state index in [2.05, 4.69) is 41.6 Å². The van der Waals surface area contributed by atoms with Crippen molar-refractivity contribution in [1.29, 1.82) is 0 Å². The maximum absolute atomic E-state index is 11.3. The molecule has 0 aliphatic heterocycles. The summed E-state index contributed by atoms with van der Waals surface area (Å²) in [6.45, 7) is 5.66. The van der Waals surface area contributed by atoms with Gasteiger partial charge in [0.05, 0.1) is 4.48 Å². The number of carbonyl (C=O) groups is 1. The minimum absolute atomic E-state index is 0.0363. The van der Waals surface area contributed by atoms with Gasteiger partial charge >= 0.3 is 0 Å². The highest BCUT2D eigenvalue weighted by Gasteiger charge is 2.04. The zero-order chi connectivity index (χ0) is 10.6. The van der Waals surface area contributed by atoms with Crippen LogP contribution in [0.15, 0.2) is 35.3 Å². The van der Waals surface area contributed by atoms with Crippen LogP contribution in [-0.2, 0) is 17.6 Å². The van der Waals surface area contributed by atoms with Gasteiger partial charge in [-0.15, -0.1) is 0 Å². The van der Waals surface area contributed by atoms with E-state index in [1.807, 2.05) is 12.1 Å². The van der Waals surface area contributed by atoms with Crippen LogP contribution in [0.5, 0.6) is 0 Å². The summed E-state index contributed by atoms with van der Waals surface area (Å²) in [5.74, 6) is 0.0363. The number of rotatable bonds is 4. The summed E-state index contributed by atoms with van der Waals surface area (Å²) in [6.07, 6.45) is 1.45. The zero-order valence-corrected chi connectivity index (χ0v) is 9.80. The van der Waals surface area contributed by atoms with Gasteiger partial charge in [-0.1, -0.05) is 37.8 Å². The van der Waals surface area contributed by atoms with Gasteiger partial charge in [0, 0.05) is 6.42 Å². The van der Waals surface area contributed by atoms with Crippen molar-refractivity contribution >= 4 is 21.7 Å². The second-order valence-electron chi connectivity index (χ2n) is 3.17. The summed E-state index contributed by atoms with van der Waals surface area (Å²) in [4.78, 5) is 11.3. The lowest BCUT2D eigenvalue weighted by Gasteiger charge is -2.01. The molecular weight excluding hydrogens is 240 g/mol. The molecular formula is C12H13BrO. The molecule has 0 aliphatic carbocycles. The lowest BCUT2D eigenvalue weighted by atomic mass is 10.1. The molecule has 0 N–H and O–H groups in total. The molecule has 0 aromatic heterocycles. The molecule has 0 fully saturated rings. The molecule has 1 nitrogen and oxygen atoms in total. The van der Waals surface area contributed by atoms with Gasteiger partial charge in [0.25, 0.3) is 0 Å². The number of Topliss-reactive ketones (excluding diaryl/α,β-unsaturated/α-hetero) is 1. The van der Waals surface area contributed by atoms with Crippen LogP contribution >= 0.6 is 15.9 Å². The predicted octanol–water partition coefficient (Wildman–Crippen LogP) is 3.27. The third kappa shape index (κ3) is 3.11. The molecule has 0 unspecified atom stereocenters. The molecule has 0 amide bonds. The van der Waals surface area contributed by atoms with E-state index in [1.54, 1.807) is 0 Å². The van der Waals surface area contributed by atoms with Crippen LogP contribution in [0.3, 0.4) is 0 Å². The van der Waals surface area contributed by atoms with E-state index in [4.69, 9.17) is 0 Å². The van der Waals surface area contributed by atoms with Crippen molar-refractivity contribution in [3.63, 3.8) is 0 Å². The number of halogens is 1. The van der Waals surface area contributed by atoms with Crippen LogP contribution < -0.4 is 0 Å². The molecule has 1 aromatic rings. The largest absolute Gasteiger partial charge is 0.293 e. The van der Waals surface area contributed by atoms with Gasteiger partial charge in [-0.05, 0) is 33.5 Å². The molecule has 0 atom stereocenters. The second-order valence-corrected chi connectivity index (χ2v) is 4.13. The Kier molecular flexibility index (Phi) is 4.08. The number of allylic oxidation sites excluding steroid dienone is 1. The van der Waals surface area contributed by atoms with Gasteiger partial charge in [0.2, 0.25) is 0 Å². The molecule has 0 spiro atoms. The average molecular weight is 253 g/mol. The quantitative estimate of drug-likeness (QED) is 0.752. The fourth-order valence-corrected chi connectivity index (χ4v) is 1.31. The maximum Gasteiger partial charge on any atom is 0.173 e. The molecule has 2 heteroatoms. The molecule has 0 saturated heterocycles. The van der Waals surface area contributed by atoms with Gasteiger partial charge in [-0.25, -0.2) is 0 Å². The number of ketones is 1. The molecule has 0 saturated carbocycles. The van der Waals surface area contributed by atoms with Crippen LogP contribution in [0.2, 0.25) is 0 Å². The van der Waals surface area contributed by atoms with Crippen LogP contribution in [0.1, 0.15) is 18.1 Å². The van der Waals surface area contributed by atoms with Crippen LogP contribution in [0.4, 0.5) is 0 Å². The Hall–Kier alpha value is -0.890. The third-order valence-electron chi connectivity index (χ3n) is 2.10. The van der Waals surface area contributed by atoms with E-state index in [1.165, 1.54) is 5.56 Å². The van der Waals surface area contributed by atoms with Crippen molar-refractivity contribution in [2.75, 3.05) is 0 Å². The molecule has 0 bridgehead atoms. The highest BCUT2D eigenvalue weighted by atomic mass is 79.9. The number of carbonyl (C=O) groups excluding carboxylic acids is 1. The van der Waals surface area contributed by atoms with Crippen LogP contribution in [0.25, 0.3) is 0 Å². The summed E-state index contributed by atoms with van der Waals surface area (Å²) in [7, 11) is 0. The molecule has 0 heterocycles. The molecule has 1 aromatic carbocycles. The van der Waals surface area contributed by atoms with Crippen molar-refractivity contribution in [3.05, 3.63) is 46.5 Å². The predicted molar refractivity (Wildman–Crippen MR) is 62.6 cm³/mol. The molecule has 14 heavy (non-hydrogen) atoms. The summed E-state index contributed by atoms with van der Waals surface area (Å²) >= 11 is 3.08. The highest BCUT2D eigenvalue weighted by Crippen LogP contribution is 2.10. The van der Waals surface area contributed by atoms with Crippen molar-refractivity contribution in [2.24, 2.45) is 0 Å². The molecule has 1 rings (SSSR count). The van der Waals surface area contributed by atoms with Crippen molar-refractivity contribution in [2.45, 2.75) is 19.8 Å². The SMILES string of the molecule is C=C(Br)C(=O)Cc1ccc(CC)cc1. The molecule has 74 valence electrons. The van der Waals surface area contributed by atoms with E-state index in [-0.39, 0.29) is 5.78 Å². The first-order chi connectivity index (χ1) is 6.63. The Bertz CT molecular complexity index is 338. The zero-order valence-electron chi connectivity index (χ0n) is 8.22. The van der Waals surface area contributed by atoms with Gasteiger partial charge < -0.3 is 0 Å². The maximum atomic E-state index is 11.3. The van der Waals surface area contributed by atoms with E-state index < -0.39 is 0 Å². The van der Waals surface area contributed by atoms with Crippen molar-refractivity contribution < 1.29 is 4.79 Å². The smallest absolute Gasteiger partial charge is 0.173 e. The first kappa shape index (κ1) is 11.2. The third-order valence-corrected chi connectivity index (χ3v) is 2.54. The van der Waals surface area contributed by atoms with Gasteiger partial charge in [-0.3, -0.25) is 4.79 Å². The summed E-state index contributed by atoms with van der Waals surface area (Å²) in [5.41, 5.74) is 2.33. The van der Waals surface area contributed by atoms with Crippen molar-refractivity contribution in [1.82, 2.24) is 0 Å². The minimum Gasteiger partial charge on any atom is -0.293 e. The molecule has 0 aliphatic rings. The van der Waals surface area contributed by atoms with Gasteiger partial charge in [0.15, 0.2) is 5.78 Å². The standard InChI is InChI=1S/C12H13BrO/c1-3-10-4-6-11(7-5-10)8-12(14)9(2)13/h4-7H,2-3,8H2,1H3. The van der Waals surface area contributed by atoms with Crippen molar-refractivity contribution in [3.8, 4) is 0 Å². The average Bonchev–Trinajstić information content (AvgIpc) is 2.19. The van der Waals surface area contributed by atoms with Gasteiger partial charge in [-0.2, -0.15) is 0 Å². The van der Waals surface area contributed by atoms with Crippen LogP contribution in [-0.4, -0.2) is 5.78 Å². The molecule has 0 radical (unpaired) electrons. The Labute approximate surface area is 93.0 Å². The van der Waals surface area contributed by atoms with Gasteiger partial charge in [0.1, 0.15) is 0 Å². The number of hydrogen-bond acceptors (Lipinski definition) is 1.